The Labute approximate surface area is 334 Å². The fourth-order valence-electron chi connectivity index (χ4n) is 9.57. The smallest absolute Gasteiger partial charge is 0.0159 e. The van der Waals surface area contributed by atoms with Crippen LogP contribution in [0.2, 0.25) is 0 Å². The van der Waals surface area contributed by atoms with Crippen molar-refractivity contribution in [1.29, 1.82) is 0 Å². The maximum atomic E-state index is 4.64. The van der Waals surface area contributed by atoms with E-state index in [-0.39, 0.29) is 5.41 Å². The molecule has 0 fully saturated rings. The van der Waals surface area contributed by atoms with Crippen molar-refractivity contribution in [2.24, 2.45) is 0 Å². The Kier molecular flexibility index (Phi) is 7.46. The molecule has 0 N–H and O–H groups in total. The second kappa shape index (κ2) is 12.8. The molecule has 0 aliphatic heterocycles. The van der Waals surface area contributed by atoms with Gasteiger partial charge in [0.2, 0.25) is 0 Å². The molecule has 10 aromatic rings. The zero-order valence-electron chi connectivity index (χ0n) is 32.2. The van der Waals surface area contributed by atoms with Gasteiger partial charge in [0.05, 0.1) is 0 Å². The first-order valence-electron chi connectivity index (χ1n) is 19.9. The van der Waals surface area contributed by atoms with E-state index in [1.807, 2.05) is 0 Å². The van der Waals surface area contributed by atoms with Crippen molar-refractivity contribution in [3.63, 3.8) is 0 Å². The van der Waals surface area contributed by atoms with E-state index < -0.39 is 0 Å². The van der Waals surface area contributed by atoms with Crippen LogP contribution in [0.25, 0.3) is 93.2 Å². The SMILES string of the molecule is C=C(c1ccc2c(c1)C(C)(C)c1cc(-c3ccc4cc(-c5cc6c7ccccc7ccc6c6ccccc56)ccc4c3)ccc1-2)c1ccccc1-c1ccccc1. The lowest BCUT2D eigenvalue weighted by molar-refractivity contribution is 0.660. The van der Waals surface area contributed by atoms with Gasteiger partial charge < -0.3 is 0 Å². The molecule has 0 nitrogen and oxygen atoms in total. The lowest BCUT2D eigenvalue weighted by Gasteiger charge is -2.23. The van der Waals surface area contributed by atoms with Gasteiger partial charge in [-0.2, -0.15) is 0 Å². The second-order valence-electron chi connectivity index (χ2n) is 16.2. The van der Waals surface area contributed by atoms with E-state index in [0.29, 0.717) is 0 Å². The van der Waals surface area contributed by atoms with E-state index in [9.17, 15) is 0 Å². The summed E-state index contributed by atoms with van der Waals surface area (Å²) in [5, 5.41) is 10.2. The van der Waals surface area contributed by atoms with Gasteiger partial charge in [0.25, 0.3) is 0 Å². The first-order chi connectivity index (χ1) is 27.9. The molecule has 0 spiro atoms. The van der Waals surface area contributed by atoms with Gasteiger partial charge in [0, 0.05) is 5.41 Å². The van der Waals surface area contributed by atoms with E-state index in [1.54, 1.807) is 0 Å². The molecular formula is C57H40. The van der Waals surface area contributed by atoms with E-state index in [0.717, 1.165) is 11.1 Å². The average molecular weight is 725 g/mol. The topological polar surface area (TPSA) is 0 Å². The maximum Gasteiger partial charge on any atom is 0.0159 e. The molecular weight excluding hydrogens is 685 g/mol. The quantitative estimate of drug-likeness (QED) is 0.155. The fourth-order valence-corrected chi connectivity index (χ4v) is 9.57. The van der Waals surface area contributed by atoms with Crippen LogP contribution in [0, 0.1) is 0 Å². The molecule has 0 atom stereocenters. The molecule has 0 saturated carbocycles. The molecule has 0 amide bonds. The molecule has 57 heavy (non-hydrogen) atoms. The number of hydrogen-bond donors (Lipinski definition) is 0. The van der Waals surface area contributed by atoms with Crippen LogP contribution in [-0.4, -0.2) is 0 Å². The predicted octanol–water partition coefficient (Wildman–Crippen LogP) is 15.7. The van der Waals surface area contributed by atoms with Gasteiger partial charge in [-0.25, -0.2) is 0 Å². The third-order valence-corrected chi connectivity index (χ3v) is 12.6. The van der Waals surface area contributed by atoms with E-state index in [2.05, 4.69) is 215 Å². The minimum Gasteiger partial charge on any atom is -0.0905 e. The Hall–Kier alpha value is -7.02. The number of hydrogen-bond acceptors (Lipinski definition) is 0. The summed E-state index contributed by atoms with van der Waals surface area (Å²) < 4.78 is 0. The molecule has 1 aliphatic rings. The molecule has 0 heteroatoms. The maximum absolute atomic E-state index is 4.64. The Morgan fingerprint density at radius 3 is 1.75 bits per heavy atom. The first-order valence-corrected chi connectivity index (χ1v) is 19.9. The molecule has 11 rings (SSSR count). The standard InChI is InChI=1S/C57H40/c1-36(45-16-9-10-17-46(45)37-13-5-4-6-14-37)39-26-29-51-52-30-27-43(34-56(52)57(2,3)55(51)33-39)41-21-22-42-32-44(24-23-40(42)31-41)53-35-54-47-18-8-7-15-38(47)25-28-50(54)48-19-11-12-20-49(48)53/h4-35H,1H2,2-3H3. The van der Waals surface area contributed by atoms with Crippen LogP contribution in [0.4, 0.5) is 0 Å². The van der Waals surface area contributed by atoms with Crippen molar-refractivity contribution in [2.45, 2.75) is 19.3 Å². The summed E-state index contributed by atoms with van der Waals surface area (Å²) in [6.07, 6.45) is 0. The third-order valence-electron chi connectivity index (χ3n) is 12.6. The van der Waals surface area contributed by atoms with Crippen LogP contribution in [-0.2, 0) is 5.41 Å². The minimum atomic E-state index is -0.157. The highest BCUT2D eigenvalue weighted by atomic mass is 14.4. The molecule has 0 bridgehead atoms. The summed E-state index contributed by atoms with van der Waals surface area (Å²) >= 11 is 0. The predicted molar refractivity (Wildman–Crippen MR) is 245 cm³/mol. The monoisotopic (exact) mass is 724 g/mol. The van der Waals surface area contributed by atoms with Gasteiger partial charge in [0.15, 0.2) is 0 Å². The zero-order valence-corrected chi connectivity index (χ0v) is 32.2. The molecule has 0 saturated heterocycles. The highest BCUT2D eigenvalue weighted by molar-refractivity contribution is 6.21. The van der Waals surface area contributed by atoms with Gasteiger partial charge >= 0.3 is 0 Å². The summed E-state index contributed by atoms with van der Waals surface area (Å²) in [7, 11) is 0. The largest absolute Gasteiger partial charge is 0.0905 e. The van der Waals surface area contributed by atoms with Crippen LogP contribution in [0.5, 0.6) is 0 Å². The van der Waals surface area contributed by atoms with Crippen molar-refractivity contribution in [3.05, 3.63) is 223 Å². The van der Waals surface area contributed by atoms with Crippen LogP contribution in [0.1, 0.15) is 36.1 Å². The Morgan fingerprint density at radius 2 is 0.930 bits per heavy atom. The number of benzene rings is 10. The van der Waals surface area contributed by atoms with Crippen LogP contribution < -0.4 is 0 Å². The minimum absolute atomic E-state index is 0.157. The second-order valence-corrected chi connectivity index (χ2v) is 16.2. The van der Waals surface area contributed by atoms with Crippen molar-refractivity contribution >= 4 is 48.7 Å². The van der Waals surface area contributed by atoms with Crippen LogP contribution in [0.15, 0.2) is 201 Å². The summed E-state index contributed by atoms with van der Waals surface area (Å²) in [5.74, 6) is 0. The van der Waals surface area contributed by atoms with Crippen LogP contribution >= 0.6 is 0 Å². The number of rotatable bonds is 5. The molecule has 0 unspecified atom stereocenters. The van der Waals surface area contributed by atoms with Gasteiger partial charge in [-0.15, -0.1) is 0 Å². The highest BCUT2D eigenvalue weighted by Gasteiger charge is 2.36. The molecule has 0 radical (unpaired) electrons. The van der Waals surface area contributed by atoms with Crippen molar-refractivity contribution in [2.75, 3.05) is 0 Å². The van der Waals surface area contributed by atoms with Gasteiger partial charge in [-0.1, -0.05) is 184 Å². The third kappa shape index (κ3) is 5.29. The Bertz CT molecular complexity index is 3270. The lowest BCUT2D eigenvalue weighted by Crippen LogP contribution is -2.15. The molecule has 268 valence electrons. The summed E-state index contributed by atoms with van der Waals surface area (Å²) in [5.41, 5.74) is 16.0. The van der Waals surface area contributed by atoms with Crippen molar-refractivity contribution in [1.82, 2.24) is 0 Å². The van der Waals surface area contributed by atoms with E-state index in [4.69, 9.17) is 0 Å². The zero-order chi connectivity index (χ0) is 38.3. The first kappa shape index (κ1) is 33.3. The van der Waals surface area contributed by atoms with Crippen molar-refractivity contribution < 1.29 is 0 Å². The van der Waals surface area contributed by atoms with Crippen LogP contribution in [0.3, 0.4) is 0 Å². The van der Waals surface area contributed by atoms with E-state index in [1.165, 1.54) is 104 Å². The molecule has 1 aliphatic carbocycles. The Morgan fingerprint density at radius 1 is 0.351 bits per heavy atom. The van der Waals surface area contributed by atoms with E-state index >= 15 is 0 Å². The molecule has 0 aromatic heterocycles. The highest BCUT2D eigenvalue weighted by Crippen LogP contribution is 2.51. The average Bonchev–Trinajstić information content (AvgIpc) is 3.50. The fraction of sp³-hybridized carbons (Fsp3) is 0.0526. The lowest BCUT2D eigenvalue weighted by atomic mass is 9.80. The number of fused-ring (bicyclic) bond motifs is 9. The normalized spacial score (nSPS) is 12.9. The van der Waals surface area contributed by atoms with Crippen molar-refractivity contribution in [3.8, 4) is 44.5 Å². The van der Waals surface area contributed by atoms with Gasteiger partial charge in [-0.05, 0) is 146 Å². The summed E-state index contributed by atoms with van der Waals surface area (Å²) in [6, 6.07) is 71.7. The van der Waals surface area contributed by atoms with Gasteiger partial charge in [0.1, 0.15) is 0 Å². The summed E-state index contributed by atoms with van der Waals surface area (Å²) in [6.45, 7) is 9.38. The van der Waals surface area contributed by atoms with Gasteiger partial charge in [-0.3, -0.25) is 0 Å². The Balaban J connectivity index is 0.940. The molecule has 10 aromatic carbocycles. The molecule has 0 heterocycles. The summed E-state index contributed by atoms with van der Waals surface area (Å²) in [4.78, 5) is 0.